The van der Waals surface area contributed by atoms with E-state index in [0.717, 1.165) is 12.3 Å². The molecule has 7 rings (SSSR count). The Morgan fingerprint density at radius 3 is 1.96 bits per heavy atom. The van der Waals surface area contributed by atoms with Crippen molar-refractivity contribution in [1.29, 1.82) is 0 Å². The maximum absolute atomic E-state index is 13.7. The Hall–Kier alpha value is -6.38. The summed E-state index contributed by atoms with van der Waals surface area (Å²) in [6.45, 7) is 0.185. The minimum absolute atomic E-state index is 0.000944. The van der Waals surface area contributed by atoms with Gasteiger partial charge in [-0.2, -0.15) is 0 Å². The van der Waals surface area contributed by atoms with Gasteiger partial charge in [0.15, 0.2) is 17.6 Å². The van der Waals surface area contributed by atoms with Crippen LogP contribution >= 0.6 is 0 Å². The van der Waals surface area contributed by atoms with Crippen LogP contribution in [-0.4, -0.2) is 171 Å². The first kappa shape index (κ1) is 51.5. The first-order valence-corrected chi connectivity index (χ1v) is 21.8. The normalized spacial score (nSPS) is 31.6. The summed E-state index contributed by atoms with van der Waals surface area (Å²) in [6.07, 6.45) is -15.4. The predicted molar refractivity (Wildman–Crippen MR) is 232 cm³/mol. The molecule has 0 bridgehead atoms. The second kappa shape index (κ2) is 22.1. The number of aliphatic hydroxyl groups is 7. The van der Waals surface area contributed by atoms with E-state index in [9.17, 15) is 65.1 Å². The minimum Gasteiger partial charge on any atom is -0.502 e. The number of aliphatic carboxylic acids is 1. The summed E-state index contributed by atoms with van der Waals surface area (Å²) in [5, 5.41) is 92.2. The van der Waals surface area contributed by atoms with Crippen molar-refractivity contribution in [1.82, 2.24) is 0 Å². The highest BCUT2D eigenvalue weighted by atomic mass is 16.8. The molecule has 70 heavy (non-hydrogen) atoms. The topological polar surface area (TPSA) is 343 Å². The van der Waals surface area contributed by atoms with Crippen LogP contribution in [0.1, 0.15) is 39.6 Å². The van der Waals surface area contributed by atoms with E-state index in [-0.39, 0.29) is 51.9 Å². The second-order valence-corrected chi connectivity index (χ2v) is 16.7. The van der Waals surface area contributed by atoms with Gasteiger partial charge in [-0.05, 0) is 66.6 Å². The Labute approximate surface area is 398 Å². The van der Waals surface area contributed by atoms with Crippen molar-refractivity contribution in [3.05, 3.63) is 95.3 Å². The summed E-state index contributed by atoms with van der Waals surface area (Å²) in [4.78, 5) is 52.6. The summed E-state index contributed by atoms with van der Waals surface area (Å²) in [6, 6.07) is 13.8. The molecule has 23 nitrogen and oxygen atoms in total. The standard InChI is InChI=1S/C47H52O23/c1-20-28(66-44(60)23-7-4-8-24(14-23)64-43(59)22-6-5-9-25(15-22)65-46-40(56)38(54)36(52)31(17-48)67-46)16-26-27(42(57)58)19-63-45(34(20)26)70-47-41(39(55)37(53)32(18-49)68-47)69-33(50)11-10-21-12-29(61-2)35(51)30(13-21)62-3/h4-15,19-20,26,28,31-32,34,36-41,45-49,51-56H,16-18H2,1-3H3,(H,57,58)/b11-10+/t20-,26+,28+,31+,32+,34-,36+,37+,38-,39-,40+,41+,45-,46+,47-/m0/s1. The Kier molecular flexibility index (Phi) is 16.3. The molecule has 378 valence electrons. The van der Waals surface area contributed by atoms with E-state index in [1.54, 1.807) is 6.92 Å². The molecule has 0 amide bonds. The number of ether oxygens (including phenoxy) is 10. The van der Waals surface area contributed by atoms with Gasteiger partial charge in [-0.25, -0.2) is 19.2 Å². The second-order valence-electron chi connectivity index (χ2n) is 16.7. The minimum atomic E-state index is -1.87. The van der Waals surface area contributed by atoms with Gasteiger partial charge >= 0.3 is 23.9 Å². The Balaban J connectivity index is 1.03. The molecule has 0 radical (unpaired) electrons. The zero-order valence-electron chi connectivity index (χ0n) is 37.5. The molecule has 0 aromatic heterocycles. The van der Waals surface area contributed by atoms with Crippen LogP contribution < -0.4 is 18.9 Å². The zero-order chi connectivity index (χ0) is 50.6. The molecule has 2 saturated heterocycles. The number of carbonyl (C=O) groups excluding carboxylic acids is 3. The smallest absolute Gasteiger partial charge is 0.343 e. The SMILES string of the molecule is COc1cc(/C=C/C(=O)O[C@H]2[C@H](O[C@@H]3OC=C(C(=O)O)[C@H]4C[C@@H](OC(=O)c5cccc(OC(=O)c6cccc(O[C@@H]7O[C@H](CO)[C@@H](O)[C@H](O)[C@H]7O)c6)c5)[C@H](C)[C@H]34)O[C@H](CO)[C@@H](O)[C@@H]2O)cc(OC)c1O. The third kappa shape index (κ3) is 11.0. The fraction of sp³-hybridized carbons (Fsp3) is 0.447. The Morgan fingerprint density at radius 2 is 1.33 bits per heavy atom. The van der Waals surface area contributed by atoms with E-state index in [1.165, 1.54) is 81.0 Å². The van der Waals surface area contributed by atoms with Gasteiger partial charge in [0.25, 0.3) is 0 Å². The van der Waals surface area contributed by atoms with Gasteiger partial charge in [0, 0.05) is 23.8 Å². The van der Waals surface area contributed by atoms with Crippen LogP contribution in [-0.2, 0) is 38.0 Å². The summed E-state index contributed by atoms with van der Waals surface area (Å²) >= 11 is 0. The molecule has 0 unspecified atom stereocenters. The number of carbonyl (C=O) groups is 4. The lowest BCUT2D eigenvalue weighted by Gasteiger charge is -2.44. The van der Waals surface area contributed by atoms with Crippen LogP contribution in [0.5, 0.6) is 28.7 Å². The summed E-state index contributed by atoms with van der Waals surface area (Å²) in [7, 11) is 2.63. The van der Waals surface area contributed by atoms with Crippen molar-refractivity contribution in [2.45, 2.75) is 87.2 Å². The van der Waals surface area contributed by atoms with E-state index >= 15 is 0 Å². The van der Waals surface area contributed by atoms with Crippen molar-refractivity contribution >= 4 is 30.0 Å². The first-order chi connectivity index (χ1) is 33.5. The van der Waals surface area contributed by atoms with Gasteiger partial charge in [0.1, 0.15) is 60.3 Å². The molecule has 4 aliphatic rings. The van der Waals surface area contributed by atoms with E-state index in [4.69, 9.17) is 47.4 Å². The van der Waals surface area contributed by atoms with Crippen molar-refractivity contribution in [3.63, 3.8) is 0 Å². The molecule has 3 aliphatic heterocycles. The Morgan fingerprint density at radius 1 is 0.729 bits per heavy atom. The number of phenolic OH excluding ortho intramolecular Hbond substituents is 1. The average Bonchev–Trinajstić information content (AvgIpc) is 3.68. The largest absolute Gasteiger partial charge is 0.502 e. The van der Waals surface area contributed by atoms with E-state index in [0.29, 0.717) is 5.56 Å². The highest BCUT2D eigenvalue weighted by Gasteiger charge is 2.55. The van der Waals surface area contributed by atoms with Crippen LogP contribution in [0.2, 0.25) is 0 Å². The molecule has 3 fully saturated rings. The van der Waals surface area contributed by atoms with Crippen molar-refractivity contribution in [3.8, 4) is 28.7 Å². The summed E-state index contributed by atoms with van der Waals surface area (Å²) in [5.41, 5.74) is 0.0805. The van der Waals surface area contributed by atoms with Gasteiger partial charge in [-0.15, -0.1) is 0 Å². The number of benzene rings is 3. The molecule has 3 heterocycles. The van der Waals surface area contributed by atoms with E-state index < -0.39 is 129 Å². The molecule has 1 aliphatic carbocycles. The van der Waals surface area contributed by atoms with Gasteiger partial charge in [-0.1, -0.05) is 19.1 Å². The average molecular weight is 985 g/mol. The number of rotatable bonds is 16. The third-order valence-electron chi connectivity index (χ3n) is 12.4. The van der Waals surface area contributed by atoms with Gasteiger partial charge in [0.2, 0.25) is 24.6 Å². The summed E-state index contributed by atoms with van der Waals surface area (Å²) < 4.78 is 56.0. The maximum atomic E-state index is 13.7. The quantitative estimate of drug-likeness (QED) is 0.0518. The number of aromatic hydroxyl groups is 1. The van der Waals surface area contributed by atoms with Crippen LogP contribution in [0.4, 0.5) is 0 Å². The lowest BCUT2D eigenvalue weighted by Crippen LogP contribution is -2.61. The number of phenols is 1. The lowest BCUT2D eigenvalue weighted by atomic mass is 9.83. The maximum Gasteiger partial charge on any atom is 0.343 e. The number of hydrogen-bond donors (Lipinski definition) is 9. The molecule has 23 heteroatoms. The number of carboxylic acids is 1. The van der Waals surface area contributed by atoms with E-state index in [2.05, 4.69) is 0 Å². The van der Waals surface area contributed by atoms with Crippen molar-refractivity contribution in [2.24, 2.45) is 17.8 Å². The molecule has 15 atom stereocenters. The van der Waals surface area contributed by atoms with Gasteiger partial charge < -0.3 is 93.3 Å². The zero-order valence-corrected chi connectivity index (χ0v) is 37.5. The number of methoxy groups -OCH3 is 2. The van der Waals surface area contributed by atoms with Crippen LogP contribution in [0, 0.1) is 17.8 Å². The third-order valence-corrected chi connectivity index (χ3v) is 12.4. The number of esters is 3. The molecule has 0 spiro atoms. The molecule has 3 aromatic carbocycles. The fourth-order valence-electron chi connectivity index (χ4n) is 8.64. The molecule has 1 saturated carbocycles. The summed E-state index contributed by atoms with van der Waals surface area (Å²) in [5.74, 6) is -6.84. The van der Waals surface area contributed by atoms with Crippen LogP contribution in [0.25, 0.3) is 6.08 Å². The highest BCUT2D eigenvalue weighted by molar-refractivity contribution is 5.93. The highest BCUT2D eigenvalue weighted by Crippen LogP contribution is 2.49. The lowest BCUT2D eigenvalue weighted by molar-refractivity contribution is -0.343. The number of aliphatic hydroxyl groups excluding tert-OH is 7. The molecule has 3 aromatic rings. The van der Waals surface area contributed by atoms with Crippen LogP contribution in [0.3, 0.4) is 0 Å². The van der Waals surface area contributed by atoms with Crippen molar-refractivity contribution in [2.75, 3.05) is 27.4 Å². The van der Waals surface area contributed by atoms with Crippen LogP contribution in [0.15, 0.2) is 78.6 Å². The van der Waals surface area contributed by atoms with Gasteiger partial charge in [0.05, 0.1) is 50.4 Å². The predicted octanol–water partition coefficient (Wildman–Crippen LogP) is 0.0105. The number of hydrogen-bond acceptors (Lipinski definition) is 22. The first-order valence-electron chi connectivity index (χ1n) is 21.8. The van der Waals surface area contributed by atoms with E-state index in [1.807, 2.05) is 0 Å². The molecule has 9 N–H and O–H groups in total. The fourth-order valence-corrected chi connectivity index (χ4v) is 8.64. The van der Waals surface area contributed by atoms with Gasteiger partial charge in [-0.3, -0.25) is 0 Å². The monoisotopic (exact) mass is 984 g/mol. The number of carboxylic acid groups (broad SMARTS) is 1. The number of fused-ring (bicyclic) bond motifs is 1. The Bertz CT molecular complexity index is 2410. The molecular weight excluding hydrogens is 932 g/mol. The molecular formula is C47H52O23. The van der Waals surface area contributed by atoms with Crippen molar-refractivity contribution < 1.29 is 113 Å².